The third-order valence-electron chi connectivity index (χ3n) is 1.69. The Morgan fingerprint density at radius 1 is 1.40 bits per heavy atom. The fraction of sp³-hybridized carbons (Fsp3) is 0.125. The number of nitrogen functional groups attached to an aromatic ring is 1. The maximum absolute atomic E-state index is 12.4. The summed E-state index contributed by atoms with van der Waals surface area (Å²) >= 11 is 5.31. The minimum absolute atomic E-state index is 0.600. The maximum atomic E-state index is 12.4. The fourth-order valence-corrected chi connectivity index (χ4v) is 1.40. The molecule has 0 aromatic heterocycles. The third kappa shape index (κ3) is 2.15. The summed E-state index contributed by atoms with van der Waals surface area (Å²) in [6, 6.07) is 1.79. The predicted molar refractivity (Wildman–Crippen MR) is 47.8 cm³/mol. The van der Waals surface area contributed by atoms with Gasteiger partial charge in [-0.1, -0.05) is 11.6 Å². The van der Waals surface area contributed by atoms with E-state index in [1.165, 1.54) is 0 Å². The van der Waals surface area contributed by atoms with E-state index in [0.717, 1.165) is 12.1 Å². The van der Waals surface area contributed by atoms with Crippen molar-refractivity contribution in [3.8, 4) is 0 Å². The molecule has 7 heteroatoms. The summed E-state index contributed by atoms with van der Waals surface area (Å²) < 4.78 is 37.2. The van der Waals surface area contributed by atoms with Crippen LogP contribution in [0, 0.1) is 0 Å². The van der Waals surface area contributed by atoms with E-state index in [1.54, 1.807) is 0 Å². The lowest BCUT2D eigenvalue weighted by atomic mass is 10.1. The van der Waals surface area contributed by atoms with Gasteiger partial charge in [-0.2, -0.15) is 13.2 Å². The van der Waals surface area contributed by atoms with Gasteiger partial charge in [-0.3, -0.25) is 0 Å². The molecular weight excluding hydrogens is 235 g/mol. The number of benzene rings is 1. The highest BCUT2D eigenvalue weighted by atomic mass is 35.5. The van der Waals surface area contributed by atoms with Gasteiger partial charge in [-0.15, -0.1) is 0 Å². The Labute approximate surface area is 87.3 Å². The number of rotatable bonds is 1. The van der Waals surface area contributed by atoms with E-state index in [9.17, 15) is 18.0 Å². The van der Waals surface area contributed by atoms with Crippen molar-refractivity contribution < 1.29 is 23.1 Å². The van der Waals surface area contributed by atoms with E-state index in [2.05, 4.69) is 0 Å². The van der Waals surface area contributed by atoms with Crippen LogP contribution in [0.2, 0.25) is 5.02 Å². The van der Waals surface area contributed by atoms with E-state index in [-0.39, 0.29) is 0 Å². The smallest absolute Gasteiger partial charge is 0.419 e. The fourth-order valence-electron chi connectivity index (χ4n) is 1.04. The average Bonchev–Trinajstić information content (AvgIpc) is 2.00. The van der Waals surface area contributed by atoms with Crippen LogP contribution in [0.3, 0.4) is 0 Å². The number of aromatic carboxylic acids is 1. The van der Waals surface area contributed by atoms with E-state index in [4.69, 9.17) is 22.4 Å². The Morgan fingerprint density at radius 3 is 2.33 bits per heavy atom. The van der Waals surface area contributed by atoms with Crippen LogP contribution in [0.15, 0.2) is 12.1 Å². The van der Waals surface area contributed by atoms with Gasteiger partial charge in [0.2, 0.25) is 0 Å². The normalized spacial score (nSPS) is 11.5. The molecule has 0 aliphatic rings. The highest BCUT2D eigenvalue weighted by Gasteiger charge is 2.37. The van der Waals surface area contributed by atoms with Gasteiger partial charge in [-0.05, 0) is 12.1 Å². The van der Waals surface area contributed by atoms with Gasteiger partial charge in [0.05, 0.1) is 16.1 Å². The summed E-state index contributed by atoms with van der Waals surface area (Å²) in [7, 11) is 0. The summed E-state index contributed by atoms with van der Waals surface area (Å²) in [5.41, 5.74) is 2.54. The van der Waals surface area contributed by atoms with Gasteiger partial charge in [-0.25, -0.2) is 4.79 Å². The molecule has 0 spiro atoms. The molecule has 0 saturated heterocycles. The molecule has 0 aliphatic heterocycles. The Bertz CT molecular complexity index is 417. The van der Waals surface area contributed by atoms with E-state index >= 15 is 0 Å². The number of carboxylic acid groups (broad SMARTS) is 1. The van der Waals surface area contributed by atoms with Crippen LogP contribution in [0.4, 0.5) is 18.9 Å². The van der Waals surface area contributed by atoms with E-state index in [1.807, 2.05) is 0 Å². The van der Waals surface area contributed by atoms with Crippen LogP contribution in [-0.4, -0.2) is 11.1 Å². The molecule has 0 saturated carbocycles. The largest absolute Gasteiger partial charge is 0.478 e. The van der Waals surface area contributed by atoms with Crippen molar-refractivity contribution in [3.63, 3.8) is 0 Å². The second-order valence-electron chi connectivity index (χ2n) is 2.69. The van der Waals surface area contributed by atoms with Crippen molar-refractivity contribution >= 4 is 23.3 Å². The third-order valence-corrected chi connectivity index (χ3v) is 2.08. The molecule has 0 unspecified atom stereocenters. The maximum Gasteiger partial charge on any atom is 0.419 e. The van der Waals surface area contributed by atoms with E-state index in [0.29, 0.717) is 0 Å². The molecule has 3 nitrogen and oxygen atoms in total. The lowest BCUT2D eigenvalue weighted by Gasteiger charge is -2.13. The van der Waals surface area contributed by atoms with Gasteiger partial charge < -0.3 is 10.8 Å². The van der Waals surface area contributed by atoms with Crippen LogP contribution >= 0.6 is 11.6 Å². The number of halogens is 4. The number of nitrogens with two attached hydrogens (primary N) is 1. The molecule has 0 radical (unpaired) electrons. The number of hydrogen-bond acceptors (Lipinski definition) is 2. The Balaban J connectivity index is 3.51. The van der Waals surface area contributed by atoms with Crippen LogP contribution in [0.5, 0.6) is 0 Å². The molecule has 1 aromatic carbocycles. The lowest BCUT2D eigenvalue weighted by Crippen LogP contribution is -2.12. The minimum Gasteiger partial charge on any atom is -0.478 e. The molecule has 0 atom stereocenters. The van der Waals surface area contributed by atoms with Crippen LogP contribution < -0.4 is 5.73 Å². The molecule has 1 rings (SSSR count). The van der Waals surface area contributed by atoms with Crippen molar-refractivity contribution in [1.29, 1.82) is 0 Å². The van der Waals surface area contributed by atoms with Gasteiger partial charge in [0.1, 0.15) is 0 Å². The molecule has 15 heavy (non-hydrogen) atoms. The topological polar surface area (TPSA) is 63.3 Å². The monoisotopic (exact) mass is 239 g/mol. The molecule has 3 N–H and O–H groups in total. The van der Waals surface area contributed by atoms with Gasteiger partial charge in [0, 0.05) is 5.69 Å². The standard InChI is InChI=1S/C8H5ClF3NO2/c9-6-3(7(14)15)1-2-4(13)5(6)8(10,11)12/h1-2H,13H2,(H,14,15). The number of alkyl halides is 3. The molecule has 0 heterocycles. The first-order chi connectivity index (χ1) is 6.75. The van der Waals surface area contributed by atoms with Crippen molar-refractivity contribution in [1.82, 2.24) is 0 Å². The second kappa shape index (κ2) is 3.62. The van der Waals surface area contributed by atoms with Crippen molar-refractivity contribution in [2.24, 2.45) is 0 Å². The highest BCUT2D eigenvalue weighted by Crippen LogP contribution is 2.40. The average molecular weight is 240 g/mol. The van der Waals surface area contributed by atoms with Crippen LogP contribution in [0.25, 0.3) is 0 Å². The SMILES string of the molecule is Nc1ccc(C(=O)O)c(Cl)c1C(F)(F)F. The van der Waals surface area contributed by atoms with Crippen molar-refractivity contribution in [3.05, 3.63) is 28.3 Å². The number of hydrogen-bond donors (Lipinski definition) is 2. The molecule has 0 aliphatic carbocycles. The lowest BCUT2D eigenvalue weighted by molar-refractivity contribution is -0.136. The number of carbonyl (C=O) groups is 1. The molecule has 0 fully saturated rings. The van der Waals surface area contributed by atoms with Gasteiger partial charge in [0.15, 0.2) is 0 Å². The quantitative estimate of drug-likeness (QED) is 0.741. The van der Waals surface area contributed by atoms with Crippen molar-refractivity contribution in [2.75, 3.05) is 5.73 Å². The molecule has 1 aromatic rings. The number of anilines is 1. The van der Waals surface area contributed by atoms with E-state index < -0.39 is 34.0 Å². The molecule has 0 bridgehead atoms. The summed E-state index contributed by atoms with van der Waals surface area (Å²) in [4.78, 5) is 10.5. The first-order valence-corrected chi connectivity index (χ1v) is 4.01. The van der Waals surface area contributed by atoms with Gasteiger partial charge in [0.25, 0.3) is 0 Å². The predicted octanol–water partition coefficient (Wildman–Crippen LogP) is 2.64. The molecule has 0 amide bonds. The first-order valence-electron chi connectivity index (χ1n) is 3.63. The zero-order valence-corrected chi connectivity index (χ0v) is 7.86. The first kappa shape index (κ1) is 11.6. The zero-order valence-electron chi connectivity index (χ0n) is 7.10. The molecule has 82 valence electrons. The second-order valence-corrected chi connectivity index (χ2v) is 3.07. The summed E-state index contributed by atoms with van der Waals surface area (Å²) in [5, 5.41) is 7.66. The Kier molecular flexibility index (Phi) is 2.81. The highest BCUT2D eigenvalue weighted by molar-refractivity contribution is 6.34. The van der Waals surface area contributed by atoms with Crippen molar-refractivity contribution in [2.45, 2.75) is 6.18 Å². The summed E-state index contributed by atoms with van der Waals surface area (Å²) in [6.45, 7) is 0. The summed E-state index contributed by atoms with van der Waals surface area (Å²) in [5.74, 6) is -1.54. The Morgan fingerprint density at radius 2 is 1.93 bits per heavy atom. The molecular formula is C8H5ClF3NO2. The zero-order chi connectivity index (χ0) is 11.8. The van der Waals surface area contributed by atoms with Crippen LogP contribution in [0.1, 0.15) is 15.9 Å². The summed E-state index contributed by atoms with van der Waals surface area (Å²) in [6.07, 6.45) is -4.77. The van der Waals surface area contributed by atoms with Gasteiger partial charge >= 0.3 is 12.1 Å². The number of carboxylic acids is 1. The Hall–Kier alpha value is -1.43. The van der Waals surface area contributed by atoms with Crippen LogP contribution in [-0.2, 0) is 6.18 Å². The minimum atomic E-state index is -4.77.